The van der Waals surface area contributed by atoms with E-state index in [1.807, 2.05) is 31.3 Å². The van der Waals surface area contributed by atoms with E-state index in [0.29, 0.717) is 50.5 Å². The lowest BCUT2D eigenvalue weighted by Gasteiger charge is -2.37. The van der Waals surface area contributed by atoms with Gasteiger partial charge in [-0.15, -0.1) is 0 Å². The first kappa shape index (κ1) is 24.9. The highest BCUT2D eigenvalue weighted by atomic mass is 19.1. The lowest BCUT2D eigenvalue weighted by atomic mass is 10.0. The van der Waals surface area contributed by atoms with E-state index < -0.39 is 0 Å². The highest BCUT2D eigenvalue weighted by molar-refractivity contribution is 5.55. The summed E-state index contributed by atoms with van der Waals surface area (Å²) in [5, 5.41) is 11.5. The van der Waals surface area contributed by atoms with E-state index in [0.717, 1.165) is 42.5 Å². The molecular formula is C27H32FN7O2. The van der Waals surface area contributed by atoms with Crippen LogP contribution in [0.25, 0.3) is 0 Å². The normalized spacial score (nSPS) is 16.0. The molecule has 3 aromatic rings. The summed E-state index contributed by atoms with van der Waals surface area (Å²) < 4.78 is 14.3. The van der Waals surface area contributed by atoms with Crippen LogP contribution in [0.1, 0.15) is 23.7 Å². The Balaban J connectivity index is 1.35. The van der Waals surface area contributed by atoms with Crippen molar-refractivity contribution in [1.29, 1.82) is 0 Å². The molecule has 0 spiro atoms. The standard InChI is InChI=1S/C27H32FN7O2/c1-3-31(2)26-21-19-32(18-20-8-4-6-10-24(20)35(36)37)13-12-23(21)29-27(30-26)34-16-14-33(15-17-34)25-11-7-5-9-22(25)28/h4-11H,3,12-19H2,1-2H3. The quantitative estimate of drug-likeness (QED) is 0.354. The van der Waals surface area contributed by atoms with Gasteiger partial charge < -0.3 is 14.7 Å². The van der Waals surface area contributed by atoms with E-state index >= 15 is 0 Å². The molecule has 5 rings (SSSR count). The minimum atomic E-state index is -0.315. The van der Waals surface area contributed by atoms with Gasteiger partial charge in [0, 0.05) is 83.0 Å². The number of hydrogen-bond donors (Lipinski definition) is 0. The van der Waals surface area contributed by atoms with E-state index in [4.69, 9.17) is 9.97 Å². The lowest BCUT2D eigenvalue weighted by Crippen LogP contribution is -2.47. The Kier molecular flexibility index (Phi) is 7.18. The molecule has 1 aromatic heterocycles. The summed E-state index contributed by atoms with van der Waals surface area (Å²) in [7, 11) is 2.03. The zero-order chi connectivity index (χ0) is 25.9. The number of rotatable bonds is 7. The zero-order valence-electron chi connectivity index (χ0n) is 21.3. The summed E-state index contributed by atoms with van der Waals surface area (Å²) in [5.74, 6) is 1.43. The molecule has 2 aliphatic rings. The van der Waals surface area contributed by atoms with Crippen molar-refractivity contribution in [2.45, 2.75) is 26.4 Å². The molecule has 194 valence electrons. The Morgan fingerprint density at radius 2 is 1.70 bits per heavy atom. The van der Waals surface area contributed by atoms with Crippen LogP contribution in [0.2, 0.25) is 0 Å². The maximum atomic E-state index is 14.3. The molecule has 3 heterocycles. The van der Waals surface area contributed by atoms with E-state index in [1.54, 1.807) is 18.2 Å². The molecule has 1 saturated heterocycles. The molecule has 10 heteroatoms. The summed E-state index contributed by atoms with van der Waals surface area (Å²) >= 11 is 0. The fourth-order valence-corrected chi connectivity index (χ4v) is 5.10. The lowest BCUT2D eigenvalue weighted by molar-refractivity contribution is -0.385. The average Bonchev–Trinajstić information content (AvgIpc) is 2.92. The number of para-hydroxylation sites is 2. The monoisotopic (exact) mass is 505 g/mol. The number of fused-ring (bicyclic) bond motifs is 1. The molecule has 0 saturated carbocycles. The van der Waals surface area contributed by atoms with Crippen LogP contribution >= 0.6 is 0 Å². The largest absolute Gasteiger partial charge is 0.366 e. The number of halogens is 1. The number of piperazine rings is 1. The van der Waals surface area contributed by atoms with E-state index in [-0.39, 0.29) is 16.4 Å². The van der Waals surface area contributed by atoms with Crippen LogP contribution < -0.4 is 14.7 Å². The Morgan fingerprint density at radius 1 is 1.00 bits per heavy atom. The average molecular weight is 506 g/mol. The fourth-order valence-electron chi connectivity index (χ4n) is 5.10. The molecule has 1 fully saturated rings. The summed E-state index contributed by atoms with van der Waals surface area (Å²) in [4.78, 5) is 29.8. The first-order valence-electron chi connectivity index (χ1n) is 12.7. The van der Waals surface area contributed by atoms with Crippen molar-refractivity contribution in [3.05, 3.63) is 81.3 Å². The Bertz CT molecular complexity index is 1280. The third-order valence-corrected chi connectivity index (χ3v) is 7.28. The van der Waals surface area contributed by atoms with Gasteiger partial charge >= 0.3 is 0 Å². The first-order chi connectivity index (χ1) is 17.9. The van der Waals surface area contributed by atoms with Crippen LogP contribution in [0.5, 0.6) is 0 Å². The predicted octanol–water partition coefficient (Wildman–Crippen LogP) is 3.86. The molecule has 37 heavy (non-hydrogen) atoms. The summed E-state index contributed by atoms with van der Waals surface area (Å²) in [5.41, 5.74) is 3.63. The molecule has 0 radical (unpaired) electrons. The molecule has 2 aromatic carbocycles. The van der Waals surface area contributed by atoms with Crippen LogP contribution in [0, 0.1) is 15.9 Å². The zero-order valence-corrected chi connectivity index (χ0v) is 21.3. The van der Waals surface area contributed by atoms with Crippen LogP contribution in [0.3, 0.4) is 0 Å². The van der Waals surface area contributed by atoms with Crippen molar-refractivity contribution in [3.63, 3.8) is 0 Å². The van der Waals surface area contributed by atoms with Crippen LogP contribution in [0.4, 0.5) is 27.5 Å². The van der Waals surface area contributed by atoms with Gasteiger partial charge in [0.05, 0.1) is 16.3 Å². The number of nitrogens with zero attached hydrogens (tertiary/aromatic N) is 7. The van der Waals surface area contributed by atoms with Gasteiger partial charge in [-0.2, -0.15) is 4.98 Å². The van der Waals surface area contributed by atoms with Crippen LogP contribution in [0.15, 0.2) is 48.5 Å². The van der Waals surface area contributed by atoms with E-state index in [1.165, 1.54) is 6.07 Å². The summed E-state index contributed by atoms with van der Waals surface area (Å²) in [6.45, 7) is 7.63. The highest BCUT2D eigenvalue weighted by Gasteiger charge is 2.28. The third kappa shape index (κ3) is 5.20. The Hall–Kier alpha value is -3.79. The van der Waals surface area contributed by atoms with Crippen molar-refractivity contribution in [1.82, 2.24) is 14.9 Å². The number of hydrogen-bond acceptors (Lipinski definition) is 8. The maximum Gasteiger partial charge on any atom is 0.273 e. The number of anilines is 3. The second-order valence-corrected chi connectivity index (χ2v) is 9.56. The molecule has 0 aliphatic carbocycles. The smallest absolute Gasteiger partial charge is 0.273 e. The van der Waals surface area contributed by atoms with Crippen molar-refractivity contribution in [2.24, 2.45) is 0 Å². The van der Waals surface area contributed by atoms with E-state index in [2.05, 4.69) is 26.5 Å². The molecule has 0 unspecified atom stereocenters. The number of benzene rings is 2. The predicted molar refractivity (Wildman–Crippen MR) is 143 cm³/mol. The second kappa shape index (κ2) is 10.7. The molecule has 0 bridgehead atoms. The third-order valence-electron chi connectivity index (χ3n) is 7.28. The first-order valence-corrected chi connectivity index (χ1v) is 12.7. The molecule has 9 nitrogen and oxygen atoms in total. The molecule has 2 aliphatic heterocycles. The van der Waals surface area contributed by atoms with Gasteiger partial charge in [0.1, 0.15) is 11.6 Å². The van der Waals surface area contributed by atoms with Gasteiger partial charge in [-0.05, 0) is 19.1 Å². The van der Waals surface area contributed by atoms with Crippen LogP contribution in [-0.2, 0) is 19.5 Å². The number of nitro groups is 1. The van der Waals surface area contributed by atoms with Crippen molar-refractivity contribution < 1.29 is 9.31 Å². The molecule has 0 amide bonds. The molecular weight excluding hydrogens is 473 g/mol. The number of nitro benzene ring substituents is 1. The van der Waals surface area contributed by atoms with Gasteiger partial charge in [-0.25, -0.2) is 9.37 Å². The summed E-state index contributed by atoms with van der Waals surface area (Å²) in [6, 6.07) is 13.8. The van der Waals surface area contributed by atoms with Gasteiger partial charge in [0.25, 0.3) is 5.69 Å². The van der Waals surface area contributed by atoms with Gasteiger partial charge in [-0.3, -0.25) is 15.0 Å². The highest BCUT2D eigenvalue weighted by Crippen LogP contribution is 2.31. The minimum absolute atomic E-state index is 0.153. The Labute approximate surface area is 216 Å². The second-order valence-electron chi connectivity index (χ2n) is 9.56. The summed E-state index contributed by atoms with van der Waals surface area (Å²) in [6.07, 6.45) is 0.755. The van der Waals surface area contributed by atoms with Gasteiger partial charge in [0.15, 0.2) is 0 Å². The topological polar surface area (TPSA) is 81.9 Å². The SMILES string of the molecule is CCN(C)c1nc(N2CCN(c3ccccc3F)CC2)nc2c1CN(Cc1ccccc1[N+](=O)[O-])CC2. The number of aromatic nitrogens is 2. The van der Waals surface area contributed by atoms with E-state index in [9.17, 15) is 14.5 Å². The fraction of sp³-hybridized carbons (Fsp3) is 0.407. The van der Waals surface area contributed by atoms with Crippen molar-refractivity contribution in [3.8, 4) is 0 Å². The van der Waals surface area contributed by atoms with Crippen molar-refractivity contribution >= 4 is 23.1 Å². The Morgan fingerprint density at radius 3 is 2.43 bits per heavy atom. The molecule has 0 N–H and O–H groups in total. The maximum absolute atomic E-state index is 14.3. The minimum Gasteiger partial charge on any atom is -0.366 e. The van der Waals surface area contributed by atoms with Crippen LogP contribution in [-0.4, -0.2) is 66.1 Å². The van der Waals surface area contributed by atoms with Gasteiger partial charge in [0.2, 0.25) is 5.95 Å². The van der Waals surface area contributed by atoms with Gasteiger partial charge in [-0.1, -0.05) is 30.3 Å². The van der Waals surface area contributed by atoms with Crippen molar-refractivity contribution in [2.75, 3.05) is 61.0 Å². The molecule has 0 atom stereocenters.